The van der Waals surface area contributed by atoms with E-state index < -0.39 is 12.6 Å². The fraction of sp³-hybridized carbons (Fsp3) is 1.00. The number of hydrogen-bond acceptors (Lipinski definition) is 2. The standard InChI is InChI=1S/C13H25F3N2/c1-12(2,3)17-9-11-5-8-18(10-11)7-4-6-13(14,15)16/h11,17H,4-10H2,1-3H3. The van der Waals surface area contributed by atoms with E-state index in [2.05, 4.69) is 31.0 Å². The first kappa shape index (κ1) is 15.8. The van der Waals surface area contributed by atoms with E-state index in [9.17, 15) is 13.2 Å². The van der Waals surface area contributed by atoms with Crippen molar-refractivity contribution in [2.45, 2.75) is 51.7 Å². The van der Waals surface area contributed by atoms with E-state index in [1.807, 2.05) is 0 Å². The highest BCUT2D eigenvalue weighted by atomic mass is 19.4. The molecule has 1 aliphatic rings. The van der Waals surface area contributed by atoms with E-state index in [4.69, 9.17) is 0 Å². The van der Waals surface area contributed by atoms with Gasteiger partial charge in [-0.2, -0.15) is 13.2 Å². The number of likely N-dealkylation sites (tertiary alicyclic amines) is 1. The second kappa shape index (κ2) is 6.24. The molecule has 1 N–H and O–H groups in total. The quantitative estimate of drug-likeness (QED) is 0.823. The van der Waals surface area contributed by atoms with Crippen LogP contribution in [-0.2, 0) is 0 Å². The molecule has 1 fully saturated rings. The zero-order chi connectivity index (χ0) is 13.8. The molecule has 1 atom stereocenters. The first-order chi connectivity index (χ1) is 8.16. The summed E-state index contributed by atoms with van der Waals surface area (Å²) in [6.45, 7) is 9.79. The Morgan fingerprint density at radius 1 is 1.22 bits per heavy atom. The third kappa shape index (κ3) is 7.21. The topological polar surface area (TPSA) is 15.3 Å². The smallest absolute Gasteiger partial charge is 0.312 e. The lowest BCUT2D eigenvalue weighted by molar-refractivity contribution is -0.136. The van der Waals surface area contributed by atoms with Crippen LogP contribution in [0.5, 0.6) is 0 Å². The number of halogens is 3. The lowest BCUT2D eigenvalue weighted by Crippen LogP contribution is -2.39. The van der Waals surface area contributed by atoms with Crippen molar-refractivity contribution in [1.82, 2.24) is 10.2 Å². The monoisotopic (exact) mass is 266 g/mol. The van der Waals surface area contributed by atoms with Crippen molar-refractivity contribution in [2.24, 2.45) is 5.92 Å². The van der Waals surface area contributed by atoms with Crippen LogP contribution in [0.15, 0.2) is 0 Å². The molecule has 1 heterocycles. The highest BCUT2D eigenvalue weighted by molar-refractivity contribution is 4.80. The molecule has 0 radical (unpaired) electrons. The van der Waals surface area contributed by atoms with Crippen LogP contribution in [0.4, 0.5) is 13.2 Å². The van der Waals surface area contributed by atoms with Crippen molar-refractivity contribution in [1.29, 1.82) is 0 Å². The number of rotatable bonds is 5. The predicted molar refractivity (Wildman–Crippen MR) is 67.6 cm³/mol. The Bertz CT molecular complexity index is 246. The molecule has 108 valence electrons. The van der Waals surface area contributed by atoms with Crippen LogP contribution in [-0.4, -0.2) is 42.8 Å². The van der Waals surface area contributed by atoms with E-state index in [0.717, 1.165) is 26.1 Å². The zero-order valence-corrected chi connectivity index (χ0v) is 11.6. The summed E-state index contributed by atoms with van der Waals surface area (Å²) < 4.78 is 36.1. The summed E-state index contributed by atoms with van der Waals surface area (Å²) in [5, 5.41) is 3.46. The molecule has 0 amide bonds. The fourth-order valence-corrected chi connectivity index (χ4v) is 2.24. The minimum absolute atomic E-state index is 0.115. The highest BCUT2D eigenvalue weighted by Gasteiger charge is 2.28. The SMILES string of the molecule is CC(C)(C)NCC1CCN(CCCC(F)(F)F)C1. The molecule has 1 unspecified atom stereocenters. The van der Waals surface area contributed by atoms with Gasteiger partial charge in [-0.3, -0.25) is 0 Å². The van der Waals surface area contributed by atoms with Crippen molar-refractivity contribution in [2.75, 3.05) is 26.2 Å². The Morgan fingerprint density at radius 3 is 2.44 bits per heavy atom. The zero-order valence-electron chi connectivity index (χ0n) is 11.6. The maximum atomic E-state index is 12.0. The van der Waals surface area contributed by atoms with Gasteiger partial charge in [-0.25, -0.2) is 0 Å². The van der Waals surface area contributed by atoms with Gasteiger partial charge in [-0.1, -0.05) is 0 Å². The minimum Gasteiger partial charge on any atom is -0.312 e. The van der Waals surface area contributed by atoms with Gasteiger partial charge in [0.2, 0.25) is 0 Å². The van der Waals surface area contributed by atoms with Gasteiger partial charge >= 0.3 is 6.18 Å². The molecule has 1 aliphatic heterocycles. The minimum atomic E-state index is -4.01. The second-order valence-corrected chi connectivity index (χ2v) is 6.30. The van der Waals surface area contributed by atoms with Gasteiger partial charge in [0.05, 0.1) is 0 Å². The van der Waals surface area contributed by atoms with Crippen LogP contribution < -0.4 is 5.32 Å². The molecule has 1 saturated heterocycles. The van der Waals surface area contributed by atoms with Crippen molar-refractivity contribution in [3.63, 3.8) is 0 Å². The van der Waals surface area contributed by atoms with Crippen LogP contribution in [0.1, 0.15) is 40.0 Å². The molecule has 18 heavy (non-hydrogen) atoms. The lowest BCUT2D eigenvalue weighted by atomic mass is 10.1. The highest BCUT2D eigenvalue weighted by Crippen LogP contribution is 2.23. The van der Waals surface area contributed by atoms with Crippen molar-refractivity contribution in [3.05, 3.63) is 0 Å². The molecule has 0 saturated carbocycles. The molecular weight excluding hydrogens is 241 g/mol. The summed E-state index contributed by atoms with van der Waals surface area (Å²) in [5.41, 5.74) is 0.115. The van der Waals surface area contributed by atoms with E-state index >= 15 is 0 Å². The third-order valence-corrected chi connectivity index (χ3v) is 3.23. The normalized spacial score (nSPS) is 22.7. The van der Waals surface area contributed by atoms with E-state index in [0.29, 0.717) is 12.5 Å². The molecule has 5 heteroatoms. The van der Waals surface area contributed by atoms with E-state index in [1.165, 1.54) is 0 Å². The van der Waals surface area contributed by atoms with Gasteiger partial charge in [0.25, 0.3) is 0 Å². The Labute approximate surface area is 108 Å². The summed E-state index contributed by atoms with van der Waals surface area (Å²) in [5.74, 6) is 0.579. The number of hydrogen-bond donors (Lipinski definition) is 1. The summed E-state index contributed by atoms with van der Waals surface area (Å²) in [6, 6.07) is 0. The van der Waals surface area contributed by atoms with Gasteiger partial charge in [0.1, 0.15) is 0 Å². The van der Waals surface area contributed by atoms with Crippen LogP contribution in [0.3, 0.4) is 0 Å². The van der Waals surface area contributed by atoms with Crippen LogP contribution in [0, 0.1) is 5.92 Å². The number of nitrogens with zero attached hydrogens (tertiary/aromatic N) is 1. The van der Waals surface area contributed by atoms with Crippen molar-refractivity contribution >= 4 is 0 Å². The second-order valence-electron chi connectivity index (χ2n) is 6.30. The molecule has 1 rings (SSSR count). The first-order valence-corrected chi connectivity index (χ1v) is 6.70. The number of nitrogens with one attached hydrogen (secondary N) is 1. The lowest BCUT2D eigenvalue weighted by Gasteiger charge is -2.23. The van der Waals surface area contributed by atoms with Crippen molar-refractivity contribution in [3.8, 4) is 0 Å². The van der Waals surface area contributed by atoms with Crippen molar-refractivity contribution < 1.29 is 13.2 Å². The largest absolute Gasteiger partial charge is 0.389 e. The Hall–Kier alpha value is -0.290. The molecule has 2 nitrogen and oxygen atoms in total. The molecule has 0 aliphatic carbocycles. The average Bonchev–Trinajstić information content (AvgIpc) is 2.60. The summed E-state index contributed by atoms with van der Waals surface area (Å²) >= 11 is 0. The molecular formula is C13H25F3N2. The first-order valence-electron chi connectivity index (χ1n) is 6.70. The maximum absolute atomic E-state index is 12.0. The Balaban J connectivity index is 2.14. The molecule has 0 aromatic heterocycles. The Morgan fingerprint density at radius 2 is 1.89 bits per heavy atom. The number of alkyl halides is 3. The Kier molecular flexibility index (Phi) is 5.46. The molecule has 0 spiro atoms. The third-order valence-electron chi connectivity index (χ3n) is 3.23. The molecule has 0 aromatic rings. The van der Waals surface area contributed by atoms with Gasteiger partial charge in [-0.05, 0) is 59.2 Å². The van der Waals surface area contributed by atoms with Gasteiger partial charge in [0, 0.05) is 18.5 Å². The summed E-state index contributed by atoms with van der Waals surface area (Å²) in [4.78, 5) is 2.15. The van der Waals surface area contributed by atoms with Gasteiger partial charge in [-0.15, -0.1) is 0 Å². The van der Waals surface area contributed by atoms with Crippen LogP contribution in [0.25, 0.3) is 0 Å². The van der Waals surface area contributed by atoms with Gasteiger partial charge in [0.15, 0.2) is 0 Å². The van der Waals surface area contributed by atoms with Crippen LogP contribution in [0.2, 0.25) is 0 Å². The molecule has 0 bridgehead atoms. The van der Waals surface area contributed by atoms with Gasteiger partial charge < -0.3 is 10.2 Å². The van der Waals surface area contributed by atoms with Crippen LogP contribution >= 0.6 is 0 Å². The van der Waals surface area contributed by atoms with E-state index in [-0.39, 0.29) is 12.0 Å². The summed E-state index contributed by atoms with van der Waals surface area (Å²) in [6.07, 6.45) is -3.35. The van der Waals surface area contributed by atoms with E-state index in [1.54, 1.807) is 0 Å². The maximum Gasteiger partial charge on any atom is 0.389 e. The summed E-state index contributed by atoms with van der Waals surface area (Å²) in [7, 11) is 0. The average molecular weight is 266 g/mol. The fourth-order valence-electron chi connectivity index (χ4n) is 2.24. The molecule has 0 aromatic carbocycles. The predicted octanol–water partition coefficient (Wildman–Crippen LogP) is 3.04.